The summed E-state index contributed by atoms with van der Waals surface area (Å²) in [6.07, 6.45) is 60.3. The summed E-state index contributed by atoms with van der Waals surface area (Å²) in [6.45, 7) is 6.23. The minimum absolute atomic E-state index is 0.0343. The first-order chi connectivity index (χ1) is 29.0. The normalized spacial score (nSPS) is 14.2. The predicted molar refractivity (Wildman–Crippen MR) is 254 cm³/mol. The summed E-state index contributed by atoms with van der Waals surface area (Å²) in [5.74, 6) is -0.553. The highest BCUT2D eigenvalue weighted by atomic mass is 16.5. The van der Waals surface area contributed by atoms with E-state index in [1.54, 1.807) is 0 Å². The second kappa shape index (κ2) is 45.9. The van der Waals surface area contributed by atoms with Crippen LogP contribution in [-0.4, -0.2) is 46.9 Å². The molecule has 0 radical (unpaired) electrons. The zero-order chi connectivity index (χ0) is 43.1. The van der Waals surface area contributed by atoms with Gasteiger partial charge in [-0.3, -0.25) is 9.59 Å². The Morgan fingerprint density at radius 2 is 1.02 bits per heavy atom. The zero-order valence-electron chi connectivity index (χ0n) is 38.1. The van der Waals surface area contributed by atoms with Crippen LogP contribution < -0.4 is 5.32 Å². The maximum atomic E-state index is 13.2. The molecule has 3 atom stereocenters. The van der Waals surface area contributed by atoms with Gasteiger partial charge in [0.25, 0.3) is 0 Å². The van der Waals surface area contributed by atoms with Crippen LogP contribution in [0.2, 0.25) is 0 Å². The van der Waals surface area contributed by atoms with Crippen LogP contribution in [0.5, 0.6) is 0 Å². The topological polar surface area (TPSA) is 95.9 Å². The fourth-order valence-corrected chi connectivity index (χ4v) is 6.65. The van der Waals surface area contributed by atoms with E-state index in [4.69, 9.17) is 4.74 Å². The van der Waals surface area contributed by atoms with E-state index in [2.05, 4.69) is 86.8 Å². The average Bonchev–Trinajstić information content (AvgIpc) is 3.23. The molecule has 0 aromatic heterocycles. The van der Waals surface area contributed by atoms with Crippen LogP contribution >= 0.6 is 0 Å². The molecule has 0 fully saturated rings. The largest absolute Gasteiger partial charge is 0.462 e. The Bertz CT molecular complexity index is 1190. The minimum atomic E-state index is -0.808. The number of nitrogens with one attached hydrogen (secondary N) is 1. The Balaban J connectivity index is 4.78. The SMILES string of the molecule is CC/C=C/C/C=C/C/C=C/CCCCCCC(=O)OC(CCCCC/C=C/C=C/C=C/C=C/C=C/CCC)CC(=O)NC(CO)C(O)CCCCCCCCCCCC. The lowest BCUT2D eigenvalue weighted by atomic mass is 10.0. The van der Waals surface area contributed by atoms with Crippen LogP contribution in [0.4, 0.5) is 0 Å². The quantitative estimate of drug-likeness (QED) is 0.0247. The number of carbonyl (C=O) groups excluding carboxylic acids is 2. The van der Waals surface area contributed by atoms with E-state index in [0.717, 1.165) is 103 Å². The van der Waals surface area contributed by atoms with Crippen LogP contribution in [0.15, 0.2) is 97.2 Å². The minimum Gasteiger partial charge on any atom is -0.462 e. The van der Waals surface area contributed by atoms with Crippen molar-refractivity contribution >= 4 is 11.9 Å². The average molecular weight is 820 g/mol. The molecule has 3 unspecified atom stereocenters. The number of hydrogen-bond donors (Lipinski definition) is 3. The van der Waals surface area contributed by atoms with Crippen LogP contribution in [0.25, 0.3) is 0 Å². The summed E-state index contributed by atoms with van der Waals surface area (Å²) < 4.78 is 5.89. The van der Waals surface area contributed by atoms with E-state index < -0.39 is 18.2 Å². The highest BCUT2D eigenvalue weighted by Crippen LogP contribution is 2.16. The van der Waals surface area contributed by atoms with Gasteiger partial charge in [-0.2, -0.15) is 0 Å². The highest BCUT2D eigenvalue weighted by Gasteiger charge is 2.24. The molecule has 6 nitrogen and oxygen atoms in total. The number of unbranched alkanes of at least 4 members (excludes halogenated alkanes) is 17. The summed E-state index contributed by atoms with van der Waals surface area (Å²) >= 11 is 0. The van der Waals surface area contributed by atoms with Gasteiger partial charge < -0.3 is 20.3 Å². The molecule has 0 aliphatic heterocycles. The molecule has 0 saturated carbocycles. The molecule has 59 heavy (non-hydrogen) atoms. The van der Waals surface area contributed by atoms with Gasteiger partial charge in [-0.25, -0.2) is 0 Å². The summed E-state index contributed by atoms with van der Waals surface area (Å²) in [6, 6.07) is -0.725. The zero-order valence-corrected chi connectivity index (χ0v) is 38.1. The van der Waals surface area contributed by atoms with Gasteiger partial charge in [0.15, 0.2) is 0 Å². The van der Waals surface area contributed by atoms with Crippen LogP contribution in [0, 0.1) is 0 Å². The molecule has 0 rings (SSSR count). The van der Waals surface area contributed by atoms with Gasteiger partial charge in [-0.15, -0.1) is 0 Å². The molecule has 0 heterocycles. The third-order valence-electron chi connectivity index (χ3n) is 10.3. The Morgan fingerprint density at radius 3 is 1.63 bits per heavy atom. The predicted octanol–water partition coefficient (Wildman–Crippen LogP) is 14.2. The van der Waals surface area contributed by atoms with Crippen LogP contribution in [0.1, 0.15) is 201 Å². The highest BCUT2D eigenvalue weighted by molar-refractivity contribution is 5.77. The molecular formula is C53H89NO5. The molecule has 0 bridgehead atoms. The number of rotatable bonds is 41. The van der Waals surface area contributed by atoms with Gasteiger partial charge in [-0.1, -0.05) is 208 Å². The van der Waals surface area contributed by atoms with Crippen molar-refractivity contribution in [2.24, 2.45) is 0 Å². The van der Waals surface area contributed by atoms with Gasteiger partial charge in [-0.05, 0) is 77.0 Å². The van der Waals surface area contributed by atoms with Crippen LogP contribution in [-0.2, 0) is 14.3 Å². The van der Waals surface area contributed by atoms with Gasteiger partial charge in [0.05, 0.1) is 25.2 Å². The fraction of sp³-hybridized carbons (Fsp3) is 0.660. The lowest BCUT2D eigenvalue weighted by Gasteiger charge is -2.24. The van der Waals surface area contributed by atoms with E-state index in [1.165, 1.54) is 51.4 Å². The van der Waals surface area contributed by atoms with Crippen molar-refractivity contribution in [3.05, 3.63) is 97.2 Å². The lowest BCUT2D eigenvalue weighted by molar-refractivity contribution is -0.151. The third kappa shape index (κ3) is 41.3. The first-order valence-electron chi connectivity index (χ1n) is 24.0. The number of aliphatic hydroxyl groups is 2. The molecule has 3 N–H and O–H groups in total. The summed E-state index contributed by atoms with van der Waals surface area (Å²) in [7, 11) is 0. The lowest BCUT2D eigenvalue weighted by Crippen LogP contribution is -2.46. The second-order valence-electron chi connectivity index (χ2n) is 15.9. The molecule has 0 aromatic carbocycles. The molecule has 1 amide bonds. The number of esters is 1. The molecule has 6 heteroatoms. The molecular weight excluding hydrogens is 731 g/mol. The van der Waals surface area contributed by atoms with Crippen molar-refractivity contribution in [3.8, 4) is 0 Å². The Morgan fingerprint density at radius 1 is 0.525 bits per heavy atom. The number of ether oxygens (including phenoxy) is 1. The first-order valence-corrected chi connectivity index (χ1v) is 24.0. The van der Waals surface area contributed by atoms with Crippen molar-refractivity contribution in [1.29, 1.82) is 0 Å². The number of carbonyl (C=O) groups is 2. The van der Waals surface area contributed by atoms with E-state index in [9.17, 15) is 19.8 Å². The van der Waals surface area contributed by atoms with E-state index in [-0.39, 0.29) is 24.9 Å². The monoisotopic (exact) mass is 820 g/mol. The van der Waals surface area contributed by atoms with Gasteiger partial charge in [0, 0.05) is 6.42 Å². The smallest absolute Gasteiger partial charge is 0.306 e. The van der Waals surface area contributed by atoms with Crippen molar-refractivity contribution in [3.63, 3.8) is 0 Å². The van der Waals surface area contributed by atoms with Crippen molar-refractivity contribution in [2.45, 2.75) is 219 Å². The molecule has 0 aromatic rings. The van der Waals surface area contributed by atoms with E-state index in [1.807, 2.05) is 36.5 Å². The summed E-state index contributed by atoms with van der Waals surface area (Å²) in [5.41, 5.74) is 0. The summed E-state index contributed by atoms with van der Waals surface area (Å²) in [5, 5.41) is 23.6. The molecule has 0 aliphatic rings. The molecule has 336 valence electrons. The van der Waals surface area contributed by atoms with Crippen molar-refractivity contribution in [2.75, 3.05) is 6.61 Å². The Kier molecular flexibility index (Phi) is 43.4. The number of amides is 1. The van der Waals surface area contributed by atoms with Gasteiger partial charge in [0.1, 0.15) is 6.10 Å². The van der Waals surface area contributed by atoms with Crippen molar-refractivity contribution < 1.29 is 24.5 Å². The van der Waals surface area contributed by atoms with Gasteiger partial charge in [0.2, 0.25) is 5.91 Å². The number of hydrogen-bond acceptors (Lipinski definition) is 5. The standard InChI is InChI=1S/C53H89NO5/c1-4-7-10-13-16-19-22-24-26-27-28-30-32-35-38-41-44-49(59-53(58)46-43-40-37-34-31-29-25-23-20-17-14-11-8-5-2)47-52(57)54-50(48-55)51(56)45-42-39-36-33-21-18-15-12-9-6-3/h8,10-11,13,16-17,19-20,22,24-30,49-51,55-56H,4-7,9,12,14-15,18,21,23,31-48H2,1-3H3,(H,54,57)/b11-8+,13-10+,19-16+,20-17+,24-22+,27-26+,29-25+,30-28+. The molecule has 0 saturated heterocycles. The second-order valence-corrected chi connectivity index (χ2v) is 15.9. The molecule has 0 spiro atoms. The van der Waals surface area contributed by atoms with E-state index in [0.29, 0.717) is 19.3 Å². The number of allylic oxidation sites excluding steroid dienone is 16. The first kappa shape index (κ1) is 55.8. The molecule has 0 aliphatic carbocycles. The van der Waals surface area contributed by atoms with E-state index >= 15 is 0 Å². The van der Waals surface area contributed by atoms with Crippen molar-refractivity contribution in [1.82, 2.24) is 5.32 Å². The van der Waals surface area contributed by atoms with Crippen LogP contribution in [0.3, 0.4) is 0 Å². The summed E-state index contributed by atoms with van der Waals surface area (Å²) in [4.78, 5) is 26.1. The Hall–Kier alpha value is -3.22. The maximum Gasteiger partial charge on any atom is 0.306 e. The van der Waals surface area contributed by atoms with Gasteiger partial charge >= 0.3 is 5.97 Å². The number of aliphatic hydroxyl groups excluding tert-OH is 2. The fourth-order valence-electron chi connectivity index (χ4n) is 6.65. The Labute approximate surface area is 363 Å². The third-order valence-corrected chi connectivity index (χ3v) is 10.3. The maximum absolute atomic E-state index is 13.2.